The Kier molecular flexibility index (Phi) is 9.64. The summed E-state index contributed by atoms with van der Waals surface area (Å²) in [7, 11) is 0. The van der Waals surface area contributed by atoms with Crippen LogP contribution in [0, 0.1) is 17.2 Å². The maximum atomic E-state index is 13.5. The van der Waals surface area contributed by atoms with Gasteiger partial charge in [0.05, 0.1) is 22.9 Å². The molecule has 10 nitrogen and oxygen atoms in total. The predicted octanol–water partition coefficient (Wildman–Crippen LogP) is 3.50. The Bertz CT molecular complexity index is 1260. The van der Waals surface area contributed by atoms with E-state index in [1.54, 1.807) is 24.3 Å². The number of nitrogens with one attached hydrogen (secondary N) is 3. The van der Waals surface area contributed by atoms with Crippen molar-refractivity contribution in [2.75, 3.05) is 47.1 Å². The molecule has 1 fully saturated rings. The molecule has 10 heteroatoms. The standard InChI is InChI=1S/C29H34N6O4/c30-18-21-7-10-27-33-28(21)31-13-3-1-2-5-20-11-14-35(15-12-20)25-17-22(8-9-23(25)29(39)34-27)32-24(6-4-16-36)26(38)19-37/h1-2,7-10,17,19-20,24,32,36H,3-6,11-16H2,(H2,31,33,34,39)/b2-1+. The van der Waals surface area contributed by atoms with E-state index in [0.29, 0.717) is 60.0 Å². The number of fused-ring (bicyclic) bond motifs is 7. The van der Waals surface area contributed by atoms with Gasteiger partial charge in [0.2, 0.25) is 5.78 Å². The second-order valence-corrected chi connectivity index (χ2v) is 9.83. The first-order valence-electron chi connectivity index (χ1n) is 13.4. The van der Waals surface area contributed by atoms with E-state index in [1.165, 1.54) is 0 Å². The number of allylic oxidation sites excluding steroid dienone is 1. The van der Waals surface area contributed by atoms with Gasteiger partial charge in [-0.25, -0.2) is 4.98 Å². The molecule has 204 valence electrons. The summed E-state index contributed by atoms with van der Waals surface area (Å²) < 4.78 is 0. The summed E-state index contributed by atoms with van der Waals surface area (Å²) >= 11 is 0. The SMILES string of the molecule is N#Cc1ccc2nc1NCC/C=C/CC1CCN(CC1)c1cc(NC(CCCO)C(=O)C=O)ccc1C(=O)N2. The lowest BCUT2D eigenvalue weighted by Crippen LogP contribution is -2.35. The molecule has 1 amide bonds. The van der Waals surface area contributed by atoms with E-state index >= 15 is 0 Å². The highest BCUT2D eigenvalue weighted by Crippen LogP contribution is 2.31. The van der Waals surface area contributed by atoms with Gasteiger partial charge in [0.1, 0.15) is 17.7 Å². The van der Waals surface area contributed by atoms with Gasteiger partial charge in [0, 0.05) is 31.9 Å². The second-order valence-electron chi connectivity index (χ2n) is 9.83. The first-order valence-corrected chi connectivity index (χ1v) is 13.4. The summed E-state index contributed by atoms with van der Waals surface area (Å²) in [5, 5.41) is 27.9. The monoisotopic (exact) mass is 530 g/mol. The number of nitrogens with zero attached hydrogens (tertiary/aromatic N) is 3. The molecule has 3 aliphatic rings. The van der Waals surface area contributed by atoms with Crippen molar-refractivity contribution < 1.29 is 19.5 Å². The van der Waals surface area contributed by atoms with Crippen molar-refractivity contribution >= 4 is 41.0 Å². The zero-order valence-electron chi connectivity index (χ0n) is 21.9. The van der Waals surface area contributed by atoms with Crippen molar-refractivity contribution in [3.05, 3.63) is 53.6 Å². The smallest absolute Gasteiger partial charge is 0.258 e. The zero-order chi connectivity index (χ0) is 27.6. The van der Waals surface area contributed by atoms with Crippen LogP contribution in [-0.2, 0) is 9.59 Å². The first kappa shape index (κ1) is 27.8. The summed E-state index contributed by atoms with van der Waals surface area (Å²) in [5.74, 6) is 0.372. The average Bonchev–Trinajstić information content (AvgIpc) is 2.96. The molecule has 4 bridgehead atoms. The summed E-state index contributed by atoms with van der Waals surface area (Å²) in [4.78, 5) is 43.5. The topological polar surface area (TPSA) is 147 Å². The van der Waals surface area contributed by atoms with Crippen LogP contribution in [0.5, 0.6) is 0 Å². The minimum atomic E-state index is -0.761. The highest BCUT2D eigenvalue weighted by molar-refractivity contribution is 6.28. The van der Waals surface area contributed by atoms with Crippen molar-refractivity contribution in [2.24, 2.45) is 5.92 Å². The number of hydrogen-bond acceptors (Lipinski definition) is 9. The molecule has 1 aromatic carbocycles. The maximum Gasteiger partial charge on any atom is 0.258 e. The number of ketones is 1. The van der Waals surface area contributed by atoms with Crippen LogP contribution >= 0.6 is 0 Å². The minimum absolute atomic E-state index is 0.0839. The molecule has 0 spiro atoms. The summed E-state index contributed by atoms with van der Waals surface area (Å²) in [6.45, 7) is 2.10. The van der Waals surface area contributed by atoms with Crippen LogP contribution in [-0.4, -0.2) is 60.4 Å². The molecule has 1 aromatic heterocycles. The van der Waals surface area contributed by atoms with Crippen LogP contribution in [0.2, 0.25) is 0 Å². The number of aldehydes is 1. The van der Waals surface area contributed by atoms with E-state index in [9.17, 15) is 24.8 Å². The van der Waals surface area contributed by atoms with Crippen LogP contribution in [0.25, 0.3) is 0 Å². The van der Waals surface area contributed by atoms with Crippen LogP contribution in [0.1, 0.15) is 54.4 Å². The minimum Gasteiger partial charge on any atom is -0.396 e. The summed E-state index contributed by atoms with van der Waals surface area (Å²) in [6.07, 6.45) is 9.10. The van der Waals surface area contributed by atoms with Crippen LogP contribution < -0.4 is 20.9 Å². The predicted molar refractivity (Wildman–Crippen MR) is 150 cm³/mol. The lowest BCUT2D eigenvalue weighted by molar-refractivity contribution is -0.130. The Morgan fingerprint density at radius 2 is 2.08 bits per heavy atom. The zero-order valence-corrected chi connectivity index (χ0v) is 21.9. The van der Waals surface area contributed by atoms with Crippen molar-refractivity contribution in [1.82, 2.24) is 4.98 Å². The molecule has 0 radical (unpaired) electrons. The van der Waals surface area contributed by atoms with Gasteiger partial charge in [0.25, 0.3) is 5.91 Å². The van der Waals surface area contributed by atoms with Crippen molar-refractivity contribution in [3.63, 3.8) is 0 Å². The van der Waals surface area contributed by atoms with Gasteiger partial charge in [-0.1, -0.05) is 12.2 Å². The Balaban J connectivity index is 1.68. The normalized spacial score (nSPS) is 17.5. The van der Waals surface area contributed by atoms with Crippen LogP contribution in [0.3, 0.4) is 0 Å². The molecular weight excluding hydrogens is 496 g/mol. The fraction of sp³-hybridized carbons (Fsp3) is 0.414. The lowest BCUT2D eigenvalue weighted by Gasteiger charge is -2.34. The molecule has 0 saturated carbocycles. The molecule has 1 atom stereocenters. The molecule has 39 heavy (non-hydrogen) atoms. The van der Waals surface area contributed by atoms with E-state index in [-0.39, 0.29) is 12.5 Å². The number of nitriles is 1. The molecule has 1 unspecified atom stereocenters. The lowest BCUT2D eigenvalue weighted by atomic mass is 9.92. The van der Waals surface area contributed by atoms with Gasteiger partial charge in [-0.15, -0.1) is 0 Å². The highest BCUT2D eigenvalue weighted by Gasteiger charge is 2.25. The fourth-order valence-corrected chi connectivity index (χ4v) is 4.97. The first-order chi connectivity index (χ1) is 19.0. The summed E-state index contributed by atoms with van der Waals surface area (Å²) in [5.41, 5.74) is 2.19. The third kappa shape index (κ3) is 7.21. The molecule has 4 N–H and O–H groups in total. The number of benzene rings is 1. The van der Waals surface area contributed by atoms with E-state index in [1.807, 2.05) is 6.07 Å². The van der Waals surface area contributed by atoms with Crippen LogP contribution in [0.4, 0.5) is 23.0 Å². The third-order valence-electron chi connectivity index (χ3n) is 7.15. The molecular formula is C29H34N6O4. The molecule has 0 aliphatic carbocycles. The summed E-state index contributed by atoms with van der Waals surface area (Å²) in [6, 6.07) is 9.86. The number of anilines is 4. The van der Waals surface area contributed by atoms with Gasteiger partial charge >= 0.3 is 0 Å². The highest BCUT2D eigenvalue weighted by atomic mass is 16.3. The van der Waals surface area contributed by atoms with Gasteiger partial charge in [-0.3, -0.25) is 14.4 Å². The Labute approximate surface area is 228 Å². The maximum absolute atomic E-state index is 13.5. The number of pyridine rings is 1. The van der Waals surface area contributed by atoms with Gasteiger partial charge in [0.15, 0.2) is 6.29 Å². The quantitative estimate of drug-likeness (QED) is 0.240. The number of Topliss-reactive ketones (excluding diaryl/α,β-unsaturated/α-hetero) is 1. The van der Waals surface area contributed by atoms with E-state index in [0.717, 1.165) is 44.5 Å². The molecule has 1 saturated heterocycles. The van der Waals surface area contributed by atoms with Crippen LogP contribution in [0.15, 0.2) is 42.5 Å². The van der Waals surface area contributed by atoms with E-state index in [4.69, 9.17) is 0 Å². The largest absolute Gasteiger partial charge is 0.396 e. The molecule has 2 aromatic rings. The van der Waals surface area contributed by atoms with E-state index in [2.05, 4.69) is 44.1 Å². The Hall–Kier alpha value is -4.23. The second kappa shape index (κ2) is 13.5. The van der Waals surface area contributed by atoms with E-state index < -0.39 is 11.8 Å². The molecule has 3 aliphatic heterocycles. The van der Waals surface area contributed by atoms with Gasteiger partial charge in [-0.2, -0.15) is 5.26 Å². The number of aliphatic hydroxyl groups is 1. The number of piperidine rings is 1. The third-order valence-corrected chi connectivity index (χ3v) is 7.15. The van der Waals surface area contributed by atoms with Crippen molar-refractivity contribution in [1.29, 1.82) is 5.26 Å². The number of carbonyl (C=O) groups excluding carboxylic acids is 3. The number of aliphatic hydroxyl groups excluding tert-OH is 1. The fourth-order valence-electron chi connectivity index (χ4n) is 4.97. The number of aromatic nitrogens is 1. The number of carbonyl (C=O) groups is 3. The molecule has 5 rings (SSSR count). The number of rotatable bonds is 7. The van der Waals surface area contributed by atoms with Gasteiger partial charge < -0.3 is 26.0 Å². The Morgan fingerprint density at radius 3 is 2.82 bits per heavy atom. The van der Waals surface area contributed by atoms with Crippen molar-refractivity contribution in [2.45, 2.75) is 44.6 Å². The average molecular weight is 531 g/mol. The van der Waals surface area contributed by atoms with Crippen molar-refractivity contribution in [3.8, 4) is 6.07 Å². The number of hydrogen-bond donors (Lipinski definition) is 4. The molecule has 4 heterocycles. The van der Waals surface area contributed by atoms with Gasteiger partial charge in [-0.05, 0) is 74.8 Å². The number of amides is 1. The Morgan fingerprint density at radius 1 is 1.26 bits per heavy atom.